The number of alkyl halides is 3. The van der Waals surface area contributed by atoms with Crippen molar-refractivity contribution >= 4 is 0 Å². The Hall–Kier alpha value is -0.870. The lowest BCUT2D eigenvalue weighted by Crippen LogP contribution is -2.44. The molecule has 0 aromatic carbocycles. The van der Waals surface area contributed by atoms with Gasteiger partial charge in [0.15, 0.2) is 6.17 Å². The number of nitrogens with one attached hydrogen (secondary N) is 2. The maximum Gasteiger partial charge on any atom is 0.427 e. The second-order valence-corrected chi connectivity index (χ2v) is 1.57. The molecule has 2 nitrogen and oxygen atoms in total. The van der Waals surface area contributed by atoms with Crippen molar-refractivity contribution in [3.05, 3.63) is 12.4 Å². The molecular formula is C4H4F3N2. The Morgan fingerprint density at radius 3 is 2.33 bits per heavy atom. The zero-order valence-electron chi connectivity index (χ0n) is 4.29. The van der Waals surface area contributed by atoms with Crippen molar-refractivity contribution in [1.82, 2.24) is 10.6 Å². The molecule has 1 aliphatic rings. The van der Waals surface area contributed by atoms with Crippen LogP contribution in [0.2, 0.25) is 0 Å². The summed E-state index contributed by atoms with van der Waals surface area (Å²) < 4.78 is 34.7. The topological polar surface area (TPSA) is 24.1 Å². The van der Waals surface area contributed by atoms with E-state index in [1.807, 2.05) is 10.6 Å². The summed E-state index contributed by atoms with van der Waals surface area (Å²) in [5.74, 6) is 0. The molecule has 0 saturated carbocycles. The first-order valence-electron chi connectivity index (χ1n) is 2.26. The van der Waals surface area contributed by atoms with Gasteiger partial charge < -0.3 is 10.6 Å². The average Bonchev–Trinajstić information content (AvgIpc) is 2.08. The van der Waals surface area contributed by atoms with E-state index in [1.165, 1.54) is 0 Å². The van der Waals surface area contributed by atoms with E-state index >= 15 is 0 Å². The van der Waals surface area contributed by atoms with Crippen LogP contribution in [0.3, 0.4) is 0 Å². The molecule has 0 fully saturated rings. The maximum absolute atomic E-state index is 11.6. The Balaban J connectivity index is 2.46. The molecule has 9 heavy (non-hydrogen) atoms. The summed E-state index contributed by atoms with van der Waals surface area (Å²) in [7, 11) is 0. The third-order valence-corrected chi connectivity index (χ3v) is 0.877. The molecule has 0 aromatic rings. The van der Waals surface area contributed by atoms with Gasteiger partial charge in [-0.3, -0.25) is 0 Å². The van der Waals surface area contributed by atoms with Crippen LogP contribution < -0.4 is 10.6 Å². The molecule has 1 rings (SSSR count). The Kier molecular flexibility index (Phi) is 1.27. The summed E-state index contributed by atoms with van der Waals surface area (Å²) in [6.07, 6.45) is -2.62. The first-order chi connectivity index (χ1) is 4.11. The molecule has 0 spiro atoms. The molecule has 0 amide bonds. The fourth-order valence-corrected chi connectivity index (χ4v) is 0.468. The van der Waals surface area contributed by atoms with Crippen LogP contribution >= 0.6 is 0 Å². The number of hydrogen-bond acceptors (Lipinski definition) is 2. The summed E-state index contributed by atoms with van der Waals surface area (Å²) in [5.41, 5.74) is 0. The zero-order valence-corrected chi connectivity index (χ0v) is 4.29. The lowest BCUT2D eigenvalue weighted by atomic mass is 10.5. The summed E-state index contributed by atoms with van der Waals surface area (Å²) in [5, 5.41) is 3.98. The van der Waals surface area contributed by atoms with Crippen molar-refractivity contribution in [2.45, 2.75) is 12.3 Å². The molecule has 1 aliphatic heterocycles. The summed E-state index contributed by atoms with van der Waals surface area (Å²) in [6, 6.07) is 0. The summed E-state index contributed by atoms with van der Waals surface area (Å²) in [4.78, 5) is 0. The third-order valence-electron chi connectivity index (χ3n) is 0.877. The minimum atomic E-state index is -4.24. The van der Waals surface area contributed by atoms with E-state index in [0.29, 0.717) is 0 Å². The minimum absolute atomic E-state index is 1.10. The van der Waals surface area contributed by atoms with Crippen LogP contribution in [0, 0.1) is 6.20 Å². The van der Waals surface area contributed by atoms with Crippen LogP contribution in [0.15, 0.2) is 6.20 Å². The monoisotopic (exact) mass is 137 g/mol. The first kappa shape index (κ1) is 6.25. The van der Waals surface area contributed by atoms with Gasteiger partial charge in [0.05, 0.1) is 6.20 Å². The highest BCUT2D eigenvalue weighted by Gasteiger charge is 2.40. The molecule has 1 radical (unpaired) electrons. The van der Waals surface area contributed by atoms with E-state index in [-0.39, 0.29) is 0 Å². The van der Waals surface area contributed by atoms with E-state index in [1.54, 1.807) is 0 Å². The molecular weight excluding hydrogens is 133 g/mol. The molecule has 0 saturated heterocycles. The normalized spacial score (nSPS) is 19.4. The van der Waals surface area contributed by atoms with Crippen LogP contribution in [0.5, 0.6) is 0 Å². The Bertz CT molecular complexity index is 120. The van der Waals surface area contributed by atoms with Gasteiger partial charge in [-0.25, -0.2) is 0 Å². The van der Waals surface area contributed by atoms with Gasteiger partial charge in [0.25, 0.3) is 0 Å². The Morgan fingerprint density at radius 1 is 1.44 bits per heavy atom. The maximum atomic E-state index is 11.6. The SMILES string of the molecule is FC(F)(F)C1N[C]=CN1. The van der Waals surface area contributed by atoms with Crippen LogP contribution in [0.1, 0.15) is 0 Å². The van der Waals surface area contributed by atoms with Crippen molar-refractivity contribution in [2.75, 3.05) is 0 Å². The molecule has 1 atom stereocenters. The number of hydrogen-bond donors (Lipinski definition) is 2. The van der Waals surface area contributed by atoms with Gasteiger partial charge >= 0.3 is 6.18 Å². The van der Waals surface area contributed by atoms with Gasteiger partial charge in [-0.05, 0) is 0 Å². The van der Waals surface area contributed by atoms with Crippen molar-refractivity contribution in [3.63, 3.8) is 0 Å². The largest absolute Gasteiger partial charge is 0.427 e. The van der Waals surface area contributed by atoms with E-state index in [2.05, 4.69) is 6.20 Å². The van der Waals surface area contributed by atoms with Gasteiger partial charge in [-0.15, -0.1) is 0 Å². The molecule has 1 unspecified atom stereocenters. The number of halogens is 3. The van der Waals surface area contributed by atoms with Crippen LogP contribution in [-0.2, 0) is 0 Å². The second kappa shape index (κ2) is 1.82. The molecule has 5 heteroatoms. The zero-order chi connectivity index (χ0) is 6.91. The highest BCUT2D eigenvalue weighted by atomic mass is 19.4. The van der Waals surface area contributed by atoms with Gasteiger partial charge in [0, 0.05) is 6.20 Å². The molecule has 51 valence electrons. The Morgan fingerprint density at radius 2 is 2.11 bits per heavy atom. The van der Waals surface area contributed by atoms with Crippen molar-refractivity contribution in [3.8, 4) is 0 Å². The van der Waals surface area contributed by atoms with Crippen molar-refractivity contribution < 1.29 is 13.2 Å². The van der Waals surface area contributed by atoms with Gasteiger partial charge in [-0.2, -0.15) is 13.2 Å². The Labute approximate surface area is 49.7 Å². The lowest BCUT2D eigenvalue weighted by molar-refractivity contribution is -0.156. The molecule has 0 aliphatic carbocycles. The van der Waals surface area contributed by atoms with Crippen molar-refractivity contribution in [1.29, 1.82) is 0 Å². The fourth-order valence-electron chi connectivity index (χ4n) is 0.468. The predicted molar refractivity (Wildman–Crippen MR) is 23.9 cm³/mol. The van der Waals surface area contributed by atoms with Gasteiger partial charge in [0.1, 0.15) is 0 Å². The van der Waals surface area contributed by atoms with Gasteiger partial charge in [0.2, 0.25) is 0 Å². The summed E-state index contributed by atoms with van der Waals surface area (Å²) >= 11 is 0. The average molecular weight is 137 g/mol. The smallest absolute Gasteiger partial charge is 0.362 e. The predicted octanol–water partition coefficient (Wildman–Crippen LogP) is 0.342. The van der Waals surface area contributed by atoms with E-state index in [4.69, 9.17) is 0 Å². The third kappa shape index (κ3) is 1.28. The highest BCUT2D eigenvalue weighted by molar-refractivity contribution is 4.88. The standard InChI is InChI=1S/C4H4F3N2/c5-4(6,7)3-8-1-2-9-3/h1,3,8-9H. The van der Waals surface area contributed by atoms with Gasteiger partial charge in [-0.1, -0.05) is 0 Å². The molecule has 2 N–H and O–H groups in total. The van der Waals surface area contributed by atoms with E-state index in [0.717, 1.165) is 6.20 Å². The molecule has 1 heterocycles. The fraction of sp³-hybridized carbons (Fsp3) is 0.500. The van der Waals surface area contributed by atoms with Crippen LogP contribution in [0.25, 0.3) is 0 Å². The second-order valence-electron chi connectivity index (χ2n) is 1.57. The van der Waals surface area contributed by atoms with Crippen LogP contribution in [-0.4, -0.2) is 12.3 Å². The minimum Gasteiger partial charge on any atom is -0.362 e. The first-order valence-corrected chi connectivity index (χ1v) is 2.26. The molecule has 0 bridgehead atoms. The summed E-state index contributed by atoms with van der Waals surface area (Å²) in [6.45, 7) is 0. The van der Waals surface area contributed by atoms with E-state index in [9.17, 15) is 13.2 Å². The lowest BCUT2D eigenvalue weighted by Gasteiger charge is -2.14. The molecule has 0 aromatic heterocycles. The van der Waals surface area contributed by atoms with E-state index < -0.39 is 12.3 Å². The highest BCUT2D eigenvalue weighted by Crippen LogP contribution is 2.19. The van der Waals surface area contributed by atoms with Crippen molar-refractivity contribution in [2.24, 2.45) is 0 Å². The number of rotatable bonds is 0. The van der Waals surface area contributed by atoms with Crippen LogP contribution in [0.4, 0.5) is 13.2 Å². The quantitative estimate of drug-likeness (QED) is 0.503.